The van der Waals surface area contributed by atoms with Gasteiger partial charge in [-0.05, 0) is 35.8 Å². The molecule has 3 aromatic rings. The number of fused-ring (bicyclic) bond motifs is 1. The molecule has 2 heterocycles. The van der Waals surface area contributed by atoms with Crippen LogP contribution in [0.25, 0.3) is 11.4 Å². The van der Waals surface area contributed by atoms with Gasteiger partial charge < -0.3 is 5.32 Å². The normalized spacial score (nSPS) is 18.1. The molecule has 40 heavy (non-hydrogen) atoms. The van der Waals surface area contributed by atoms with Crippen LogP contribution in [-0.2, 0) is 14.4 Å². The average molecular weight is 542 g/mol. The highest BCUT2D eigenvalue weighted by atomic mass is 16.2. The molecule has 10 nitrogen and oxygen atoms in total. The van der Waals surface area contributed by atoms with Crippen molar-refractivity contribution in [3.05, 3.63) is 59.7 Å². The molecule has 0 saturated heterocycles. The highest BCUT2D eigenvalue weighted by molar-refractivity contribution is 6.08. The van der Waals surface area contributed by atoms with Crippen LogP contribution in [0.15, 0.2) is 53.6 Å². The van der Waals surface area contributed by atoms with Gasteiger partial charge in [-0.1, -0.05) is 76.4 Å². The molecule has 2 aliphatic rings. The predicted octanol–water partition coefficient (Wildman–Crippen LogP) is 4.72. The highest BCUT2D eigenvalue weighted by Gasteiger charge is 2.38. The molecule has 1 aromatic heterocycles. The van der Waals surface area contributed by atoms with Crippen molar-refractivity contribution in [3.8, 4) is 11.4 Å². The van der Waals surface area contributed by atoms with Gasteiger partial charge in [-0.15, -0.1) is 10.2 Å². The second-order valence-corrected chi connectivity index (χ2v) is 11.6. The van der Waals surface area contributed by atoms with E-state index in [0.717, 1.165) is 42.5 Å². The van der Waals surface area contributed by atoms with E-state index in [2.05, 4.69) is 25.9 Å². The number of H-pyrrole nitrogens is 1. The monoisotopic (exact) mass is 541 g/mol. The van der Waals surface area contributed by atoms with Crippen molar-refractivity contribution in [2.75, 3.05) is 11.9 Å². The standard InChI is InChI=1S/C30H35N7O3/c1-30(2,3)25(38)17-24-22-14-7-8-15-23(22)27(19-10-5-4-6-11-19)34-37(29(24)40)18-26(39)31-21-13-9-12-20(16-21)28-32-35-36-33-28/h7-9,12-16,19,24H,4-6,10-11,17-18H2,1-3H3,(H,31,39)(H,32,33,35,36). The molecule has 2 amide bonds. The number of hydrogen-bond acceptors (Lipinski definition) is 7. The predicted molar refractivity (Wildman–Crippen MR) is 151 cm³/mol. The van der Waals surface area contributed by atoms with E-state index < -0.39 is 17.2 Å². The molecule has 0 bridgehead atoms. The van der Waals surface area contributed by atoms with Crippen LogP contribution in [-0.4, -0.2) is 55.5 Å². The van der Waals surface area contributed by atoms with E-state index in [1.54, 1.807) is 18.2 Å². The van der Waals surface area contributed by atoms with Crippen molar-refractivity contribution >= 4 is 29.0 Å². The van der Waals surface area contributed by atoms with Gasteiger partial charge in [0.1, 0.15) is 12.3 Å². The minimum absolute atomic E-state index is 0.00977. The summed E-state index contributed by atoms with van der Waals surface area (Å²) in [6.07, 6.45) is 5.40. The molecule has 0 radical (unpaired) electrons. The second kappa shape index (κ2) is 11.5. The molecule has 1 saturated carbocycles. The van der Waals surface area contributed by atoms with Gasteiger partial charge in [0.2, 0.25) is 11.7 Å². The number of nitrogens with one attached hydrogen (secondary N) is 2. The number of ketones is 1. The van der Waals surface area contributed by atoms with Crippen molar-refractivity contribution < 1.29 is 14.4 Å². The quantitative estimate of drug-likeness (QED) is 0.445. The Morgan fingerprint density at radius 3 is 2.55 bits per heavy atom. The van der Waals surface area contributed by atoms with Crippen LogP contribution in [0.2, 0.25) is 0 Å². The van der Waals surface area contributed by atoms with Gasteiger partial charge in [0, 0.05) is 34.6 Å². The van der Waals surface area contributed by atoms with Crippen molar-refractivity contribution in [2.24, 2.45) is 16.4 Å². The lowest BCUT2D eigenvalue weighted by Gasteiger charge is -2.25. The van der Waals surface area contributed by atoms with Crippen molar-refractivity contribution in [1.82, 2.24) is 25.6 Å². The molecule has 1 atom stereocenters. The van der Waals surface area contributed by atoms with Gasteiger partial charge in [0.25, 0.3) is 5.91 Å². The fourth-order valence-corrected chi connectivity index (χ4v) is 5.42. The zero-order valence-electron chi connectivity index (χ0n) is 23.2. The lowest BCUT2D eigenvalue weighted by molar-refractivity contribution is -0.138. The number of nitrogens with zero attached hydrogens (tertiary/aromatic N) is 5. The summed E-state index contributed by atoms with van der Waals surface area (Å²) in [6, 6.07) is 14.9. The largest absolute Gasteiger partial charge is 0.324 e. The van der Waals surface area contributed by atoms with Gasteiger partial charge in [0.15, 0.2) is 0 Å². The highest BCUT2D eigenvalue weighted by Crippen LogP contribution is 2.36. The molecule has 1 aliphatic heterocycles. The van der Waals surface area contributed by atoms with Crippen LogP contribution in [0.1, 0.15) is 76.3 Å². The number of tetrazole rings is 1. The molecule has 1 aliphatic carbocycles. The molecule has 1 unspecified atom stereocenters. The first kappa shape index (κ1) is 27.4. The zero-order valence-corrected chi connectivity index (χ0v) is 23.2. The van der Waals surface area contributed by atoms with Gasteiger partial charge >= 0.3 is 0 Å². The molecular formula is C30H35N7O3. The van der Waals surface area contributed by atoms with Crippen LogP contribution in [0.3, 0.4) is 0 Å². The molecule has 2 aromatic carbocycles. The Labute approximate surface area is 233 Å². The van der Waals surface area contributed by atoms with E-state index in [0.29, 0.717) is 17.1 Å². The average Bonchev–Trinajstić information content (AvgIpc) is 3.46. The fourth-order valence-electron chi connectivity index (χ4n) is 5.42. The number of rotatable bonds is 7. The maximum Gasteiger partial charge on any atom is 0.251 e. The number of anilines is 1. The molecule has 5 rings (SSSR count). The molecule has 208 valence electrons. The number of aromatic nitrogens is 4. The summed E-state index contributed by atoms with van der Waals surface area (Å²) in [6.45, 7) is 5.32. The van der Waals surface area contributed by atoms with Gasteiger partial charge in [-0.3, -0.25) is 14.4 Å². The van der Waals surface area contributed by atoms with Crippen LogP contribution < -0.4 is 5.32 Å². The number of carbonyl (C=O) groups is 3. The number of hydrogen-bond donors (Lipinski definition) is 2. The molecule has 10 heteroatoms. The molecule has 1 fully saturated rings. The van der Waals surface area contributed by atoms with E-state index in [9.17, 15) is 14.4 Å². The van der Waals surface area contributed by atoms with E-state index in [-0.39, 0.29) is 30.6 Å². The van der Waals surface area contributed by atoms with Crippen LogP contribution in [0, 0.1) is 11.3 Å². The van der Waals surface area contributed by atoms with Crippen LogP contribution in [0.4, 0.5) is 5.69 Å². The Kier molecular flexibility index (Phi) is 7.86. The van der Waals surface area contributed by atoms with Gasteiger partial charge in [-0.25, -0.2) is 5.01 Å². The van der Waals surface area contributed by atoms with E-state index >= 15 is 0 Å². The minimum Gasteiger partial charge on any atom is -0.324 e. The SMILES string of the molecule is CC(C)(C)C(=O)CC1C(=O)N(CC(=O)Nc2cccc(-c3nn[nH]n3)c2)N=C(C2CCCCC2)c2ccccc21. The summed E-state index contributed by atoms with van der Waals surface area (Å²) >= 11 is 0. The summed E-state index contributed by atoms with van der Waals surface area (Å²) in [5.74, 6) is -0.864. The first-order valence-corrected chi connectivity index (χ1v) is 13.9. The Balaban J connectivity index is 1.46. The van der Waals surface area contributed by atoms with Gasteiger partial charge in [0.05, 0.1) is 11.6 Å². The lowest BCUT2D eigenvalue weighted by atomic mass is 9.78. The van der Waals surface area contributed by atoms with Crippen molar-refractivity contribution in [1.29, 1.82) is 0 Å². The number of aromatic amines is 1. The number of carbonyl (C=O) groups excluding carboxylic acids is 3. The minimum atomic E-state index is -0.720. The summed E-state index contributed by atoms with van der Waals surface area (Å²) in [5.41, 5.74) is 3.18. The molecular weight excluding hydrogens is 506 g/mol. The van der Waals surface area contributed by atoms with Crippen molar-refractivity contribution in [3.63, 3.8) is 0 Å². The van der Waals surface area contributed by atoms with Crippen molar-refractivity contribution in [2.45, 2.75) is 65.2 Å². The van der Waals surface area contributed by atoms with Crippen LogP contribution in [0.5, 0.6) is 0 Å². The number of Topliss-reactive ketones (excluding diaryl/α,β-unsaturated/α-hetero) is 1. The number of hydrazone groups is 1. The lowest BCUT2D eigenvalue weighted by Crippen LogP contribution is -2.38. The smallest absolute Gasteiger partial charge is 0.251 e. The Morgan fingerprint density at radius 1 is 1.05 bits per heavy atom. The summed E-state index contributed by atoms with van der Waals surface area (Å²) in [7, 11) is 0. The Bertz CT molecular complexity index is 1420. The van der Waals surface area contributed by atoms with E-state index in [4.69, 9.17) is 5.10 Å². The summed E-state index contributed by atoms with van der Waals surface area (Å²) in [5, 5.41) is 23.0. The van der Waals surface area contributed by atoms with Crippen LogP contribution >= 0.6 is 0 Å². The number of amides is 2. The van der Waals surface area contributed by atoms with Gasteiger partial charge in [-0.2, -0.15) is 10.3 Å². The molecule has 2 N–H and O–H groups in total. The third-order valence-electron chi connectivity index (χ3n) is 7.65. The molecule has 0 spiro atoms. The fraction of sp³-hybridized carbons (Fsp3) is 0.433. The van der Waals surface area contributed by atoms with E-state index in [1.807, 2.05) is 51.1 Å². The maximum absolute atomic E-state index is 14.1. The second-order valence-electron chi connectivity index (χ2n) is 11.6. The zero-order chi connectivity index (χ0) is 28.3. The summed E-state index contributed by atoms with van der Waals surface area (Å²) in [4.78, 5) is 40.5. The maximum atomic E-state index is 14.1. The van der Waals surface area contributed by atoms with E-state index in [1.165, 1.54) is 11.4 Å². The first-order valence-electron chi connectivity index (χ1n) is 13.9. The summed E-state index contributed by atoms with van der Waals surface area (Å²) < 4.78 is 0. The topological polar surface area (TPSA) is 133 Å². The first-order chi connectivity index (χ1) is 19.2. The third-order valence-corrected chi connectivity index (χ3v) is 7.65. The number of benzene rings is 2. The Morgan fingerprint density at radius 2 is 1.82 bits per heavy atom. The third kappa shape index (κ3) is 6.00. The Hall–Kier alpha value is -4.21.